The lowest BCUT2D eigenvalue weighted by Gasteiger charge is -2.16. The van der Waals surface area contributed by atoms with Gasteiger partial charge in [0.25, 0.3) is 0 Å². The SMILES string of the molecule is O=C(/C=C/c1ccc(N2CCCS2(=O)=O)cc1)Nc1cc(Cl)ccc1F. The molecule has 1 fully saturated rings. The molecule has 0 bridgehead atoms. The number of carbonyl (C=O) groups is 1. The van der Waals surface area contributed by atoms with Crippen LogP contribution < -0.4 is 9.62 Å². The molecule has 3 rings (SSSR count). The molecule has 0 unspecified atom stereocenters. The van der Waals surface area contributed by atoms with Crippen LogP contribution >= 0.6 is 11.6 Å². The molecule has 1 aliphatic rings. The van der Waals surface area contributed by atoms with Crippen molar-refractivity contribution in [1.82, 2.24) is 0 Å². The van der Waals surface area contributed by atoms with Crippen LogP contribution in [0.2, 0.25) is 5.02 Å². The molecule has 2 aromatic rings. The van der Waals surface area contributed by atoms with E-state index < -0.39 is 21.7 Å². The highest BCUT2D eigenvalue weighted by Crippen LogP contribution is 2.24. The van der Waals surface area contributed by atoms with Crippen LogP contribution in [0, 0.1) is 5.82 Å². The van der Waals surface area contributed by atoms with E-state index in [9.17, 15) is 17.6 Å². The minimum atomic E-state index is -3.22. The van der Waals surface area contributed by atoms with Crippen molar-refractivity contribution in [1.29, 1.82) is 0 Å². The van der Waals surface area contributed by atoms with Gasteiger partial charge in [0.05, 0.1) is 17.1 Å². The van der Waals surface area contributed by atoms with Crippen molar-refractivity contribution >= 4 is 45.0 Å². The van der Waals surface area contributed by atoms with Crippen molar-refractivity contribution in [2.24, 2.45) is 0 Å². The van der Waals surface area contributed by atoms with Gasteiger partial charge in [0.2, 0.25) is 15.9 Å². The molecular formula is C18H16ClFN2O3S. The molecule has 0 saturated carbocycles. The summed E-state index contributed by atoms with van der Waals surface area (Å²) < 4.78 is 38.8. The van der Waals surface area contributed by atoms with Gasteiger partial charge in [-0.05, 0) is 48.4 Å². The molecule has 136 valence electrons. The molecule has 1 heterocycles. The third-order valence-corrected chi connectivity index (χ3v) is 6.00. The number of amides is 1. The Labute approximate surface area is 156 Å². The number of hydrogen-bond acceptors (Lipinski definition) is 3. The quantitative estimate of drug-likeness (QED) is 0.804. The van der Waals surface area contributed by atoms with Crippen LogP contribution in [-0.4, -0.2) is 26.6 Å². The number of rotatable bonds is 4. The molecule has 1 aliphatic heterocycles. The van der Waals surface area contributed by atoms with Crippen molar-refractivity contribution < 1.29 is 17.6 Å². The summed E-state index contributed by atoms with van der Waals surface area (Å²) in [7, 11) is -3.22. The summed E-state index contributed by atoms with van der Waals surface area (Å²) in [6.07, 6.45) is 3.44. The third-order valence-electron chi connectivity index (χ3n) is 3.89. The molecule has 0 aliphatic carbocycles. The van der Waals surface area contributed by atoms with Crippen LogP contribution in [0.1, 0.15) is 12.0 Å². The largest absolute Gasteiger partial charge is 0.320 e. The Balaban J connectivity index is 1.67. The summed E-state index contributed by atoms with van der Waals surface area (Å²) >= 11 is 5.78. The Morgan fingerprint density at radius 3 is 2.58 bits per heavy atom. The maximum absolute atomic E-state index is 13.6. The average molecular weight is 395 g/mol. The molecule has 1 amide bonds. The maximum Gasteiger partial charge on any atom is 0.248 e. The third kappa shape index (κ3) is 4.23. The fraction of sp³-hybridized carbons (Fsp3) is 0.167. The first kappa shape index (κ1) is 18.4. The van der Waals surface area contributed by atoms with Crippen LogP contribution in [-0.2, 0) is 14.8 Å². The van der Waals surface area contributed by atoms with E-state index in [0.29, 0.717) is 29.2 Å². The molecule has 0 radical (unpaired) electrons. The van der Waals surface area contributed by atoms with Gasteiger partial charge >= 0.3 is 0 Å². The van der Waals surface area contributed by atoms with Crippen molar-refractivity contribution in [3.8, 4) is 0 Å². The van der Waals surface area contributed by atoms with Crippen LogP contribution in [0.3, 0.4) is 0 Å². The van der Waals surface area contributed by atoms with Crippen molar-refractivity contribution in [3.63, 3.8) is 0 Å². The molecule has 0 spiro atoms. The van der Waals surface area contributed by atoms with Crippen molar-refractivity contribution in [3.05, 3.63) is 64.9 Å². The lowest BCUT2D eigenvalue weighted by Crippen LogP contribution is -2.24. The molecular weight excluding hydrogens is 379 g/mol. The van der Waals surface area contributed by atoms with Gasteiger partial charge in [-0.3, -0.25) is 9.10 Å². The molecule has 1 N–H and O–H groups in total. The standard InChI is InChI=1S/C18H16ClFN2O3S/c19-14-5-8-16(20)17(12-14)21-18(23)9-4-13-2-6-15(7-3-13)22-10-1-11-26(22,24)25/h2-9,12H,1,10-11H2,(H,21,23)/b9-4+. The van der Waals surface area contributed by atoms with E-state index in [1.54, 1.807) is 30.3 Å². The summed E-state index contributed by atoms with van der Waals surface area (Å²) in [5.41, 5.74) is 1.32. The topological polar surface area (TPSA) is 66.5 Å². The minimum absolute atomic E-state index is 0.00161. The van der Waals surface area contributed by atoms with E-state index in [4.69, 9.17) is 11.6 Å². The molecule has 0 aromatic heterocycles. The van der Waals surface area contributed by atoms with Gasteiger partial charge < -0.3 is 5.32 Å². The van der Waals surface area contributed by atoms with E-state index in [-0.39, 0.29) is 11.4 Å². The van der Waals surface area contributed by atoms with E-state index in [0.717, 1.165) is 0 Å². The lowest BCUT2D eigenvalue weighted by atomic mass is 10.2. The average Bonchev–Trinajstić information content (AvgIpc) is 2.96. The number of nitrogens with zero attached hydrogens (tertiary/aromatic N) is 1. The van der Waals surface area contributed by atoms with Gasteiger partial charge in [-0.15, -0.1) is 0 Å². The Hall–Kier alpha value is -2.38. The smallest absolute Gasteiger partial charge is 0.248 e. The van der Waals surface area contributed by atoms with Gasteiger partial charge in [-0.1, -0.05) is 23.7 Å². The Kier molecular flexibility index (Phi) is 5.29. The summed E-state index contributed by atoms with van der Waals surface area (Å²) in [5.74, 6) is -0.917. The summed E-state index contributed by atoms with van der Waals surface area (Å²) in [6, 6.07) is 10.7. The highest BCUT2D eigenvalue weighted by molar-refractivity contribution is 7.93. The second kappa shape index (κ2) is 7.47. The normalized spacial score (nSPS) is 16.2. The van der Waals surface area contributed by atoms with E-state index in [1.165, 1.54) is 28.6 Å². The molecule has 1 saturated heterocycles. The Bertz CT molecular complexity index is 959. The summed E-state index contributed by atoms with van der Waals surface area (Å²) in [4.78, 5) is 11.9. The number of benzene rings is 2. The van der Waals surface area contributed by atoms with Gasteiger partial charge in [0.1, 0.15) is 5.82 Å². The van der Waals surface area contributed by atoms with Crippen molar-refractivity contribution in [2.75, 3.05) is 21.9 Å². The van der Waals surface area contributed by atoms with Crippen LogP contribution in [0.15, 0.2) is 48.5 Å². The molecule has 5 nitrogen and oxygen atoms in total. The zero-order valence-electron chi connectivity index (χ0n) is 13.7. The van der Waals surface area contributed by atoms with Crippen LogP contribution in [0.5, 0.6) is 0 Å². The number of anilines is 2. The van der Waals surface area contributed by atoms with E-state index in [2.05, 4.69) is 5.32 Å². The predicted octanol–water partition coefficient (Wildman–Crippen LogP) is 3.67. The molecule has 2 aromatic carbocycles. The molecule has 0 atom stereocenters. The zero-order valence-corrected chi connectivity index (χ0v) is 15.2. The first-order valence-corrected chi connectivity index (χ1v) is 9.88. The molecule has 26 heavy (non-hydrogen) atoms. The number of hydrogen-bond donors (Lipinski definition) is 1. The van der Waals surface area contributed by atoms with E-state index >= 15 is 0 Å². The summed E-state index contributed by atoms with van der Waals surface area (Å²) in [5, 5.41) is 2.73. The summed E-state index contributed by atoms with van der Waals surface area (Å²) in [6.45, 7) is 0.477. The highest BCUT2D eigenvalue weighted by Gasteiger charge is 2.28. The maximum atomic E-state index is 13.6. The fourth-order valence-corrected chi connectivity index (χ4v) is 4.36. The molecule has 8 heteroatoms. The number of nitrogens with one attached hydrogen (secondary N) is 1. The van der Waals surface area contributed by atoms with Gasteiger partial charge in [-0.25, -0.2) is 12.8 Å². The van der Waals surface area contributed by atoms with Gasteiger partial charge in [-0.2, -0.15) is 0 Å². The first-order chi connectivity index (χ1) is 12.3. The van der Waals surface area contributed by atoms with Crippen molar-refractivity contribution in [2.45, 2.75) is 6.42 Å². The Morgan fingerprint density at radius 1 is 1.19 bits per heavy atom. The van der Waals surface area contributed by atoms with E-state index in [1.807, 2.05) is 0 Å². The zero-order chi connectivity index (χ0) is 18.7. The minimum Gasteiger partial charge on any atom is -0.320 e. The monoisotopic (exact) mass is 394 g/mol. The van der Waals surface area contributed by atoms with Gasteiger partial charge in [0, 0.05) is 17.6 Å². The fourth-order valence-electron chi connectivity index (χ4n) is 2.62. The van der Waals surface area contributed by atoms with Crippen LogP contribution in [0.4, 0.5) is 15.8 Å². The van der Waals surface area contributed by atoms with Gasteiger partial charge in [0.15, 0.2) is 0 Å². The van der Waals surface area contributed by atoms with Crippen LogP contribution in [0.25, 0.3) is 6.08 Å². The Morgan fingerprint density at radius 2 is 1.92 bits per heavy atom. The predicted molar refractivity (Wildman–Crippen MR) is 101 cm³/mol. The number of halogens is 2. The number of sulfonamides is 1. The highest BCUT2D eigenvalue weighted by atomic mass is 35.5. The second-order valence-corrected chi connectivity index (χ2v) is 8.23. The first-order valence-electron chi connectivity index (χ1n) is 7.90. The number of carbonyl (C=O) groups excluding carboxylic acids is 1. The lowest BCUT2D eigenvalue weighted by molar-refractivity contribution is -0.111. The second-order valence-electron chi connectivity index (χ2n) is 5.78.